The van der Waals surface area contributed by atoms with Gasteiger partial charge in [-0.15, -0.1) is 22.7 Å². The molecule has 2 aliphatic rings. The van der Waals surface area contributed by atoms with Crippen LogP contribution in [0.2, 0.25) is 0 Å². The zero-order valence-corrected chi connectivity index (χ0v) is 14.1. The Morgan fingerprint density at radius 2 is 2.36 bits per heavy atom. The minimum Gasteiger partial charge on any atom is -0.374 e. The van der Waals surface area contributed by atoms with Crippen LogP contribution in [0.15, 0.2) is 17.5 Å². The number of hydrogen-bond donors (Lipinski definition) is 0. The molecule has 0 unspecified atom stereocenters. The van der Waals surface area contributed by atoms with E-state index in [2.05, 4.69) is 11.1 Å². The number of aryl methyl sites for hydroxylation is 1. The molecule has 0 radical (unpaired) electrons. The lowest BCUT2D eigenvalue weighted by atomic mass is 10.1. The summed E-state index contributed by atoms with van der Waals surface area (Å²) >= 11 is 3.18. The SMILES string of the molecule is Cc1nc(-c2cccs2)sc1C(=O)N1CCO[C@H]2CCC[C@@H]21. The first-order valence-corrected chi connectivity index (χ1v) is 9.37. The molecule has 1 saturated carbocycles. The van der Waals surface area contributed by atoms with E-state index >= 15 is 0 Å². The number of ether oxygens (including phenoxy) is 1. The van der Waals surface area contributed by atoms with Crippen molar-refractivity contribution in [3.05, 3.63) is 28.1 Å². The van der Waals surface area contributed by atoms with Gasteiger partial charge >= 0.3 is 0 Å². The number of carbonyl (C=O) groups excluding carboxylic acids is 1. The van der Waals surface area contributed by atoms with Crippen molar-refractivity contribution in [1.82, 2.24) is 9.88 Å². The molecule has 2 aromatic rings. The third kappa shape index (κ3) is 2.39. The van der Waals surface area contributed by atoms with Gasteiger partial charge in [0.05, 0.1) is 29.3 Å². The summed E-state index contributed by atoms with van der Waals surface area (Å²) in [5.41, 5.74) is 0.847. The van der Waals surface area contributed by atoms with Crippen LogP contribution in [0.1, 0.15) is 34.6 Å². The summed E-state index contributed by atoms with van der Waals surface area (Å²) in [6.07, 6.45) is 3.53. The predicted molar refractivity (Wildman–Crippen MR) is 88.6 cm³/mol. The van der Waals surface area contributed by atoms with Crippen LogP contribution in [0.4, 0.5) is 0 Å². The number of fused-ring (bicyclic) bond motifs is 1. The normalized spacial score (nSPS) is 24.5. The van der Waals surface area contributed by atoms with Crippen LogP contribution in [-0.2, 0) is 4.74 Å². The second-order valence-electron chi connectivity index (χ2n) is 5.82. The van der Waals surface area contributed by atoms with E-state index < -0.39 is 0 Å². The van der Waals surface area contributed by atoms with E-state index in [0.717, 1.165) is 39.7 Å². The molecule has 1 saturated heterocycles. The minimum absolute atomic E-state index is 0.137. The number of aromatic nitrogens is 1. The number of carbonyl (C=O) groups is 1. The topological polar surface area (TPSA) is 42.4 Å². The van der Waals surface area contributed by atoms with E-state index in [1.165, 1.54) is 11.3 Å². The Labute approximate surface area is 137 Å². The number of rotatable bonds is 2. The van der Waals surface area contributed by atoms with Crippen LogP contribution in [-0.4, -0.2) is 41.1 Å². The summed E-state index contributed by atoms with van der Waals surface area (Å²) in [4.78, 5) is 21.5. The molecule has 116 valence electrons. The maximum Gasteiger partial charge on any atom is 0.266 e. The highest BCUT2D eigenvalue weighted by Gasteiger charge is 2.39. The summed E-state index contributed by atoms with van der Waals surface area (Å²) in [6, 6.07) is 4.33. The Hall–Kier alpha value is -1.24. The van der Waals surface area contributed by atoms with Gasteiger partial charge < -0.3 is 9.64 Å². The highest BCUT2D eigenvalue weighted by Crippen LogP contribution is 2.35. The highest BCUT2D eigenvalue weighted by molar-refractivity contribution is 7.22. The lowest BCUT2D eigenvalue weighted by Gasteiger charge is -2.37. The van der Waals surface area contributed by atoms with Crippen molar-refractivity contribution in [3.8, 4) is 9.88 Å². The van der Waals surface area contributed by atoms with Crippen LogP contribution < -0.4 is 0 Å². The summed E-state index contributed by atoms with van der Waals surface area (Å²) in [6.45, 7) is 3.29. The van der Waals surface area contributed by atoms with Gasteiger partial charge in [-0.3, -0.25) is 4.79 Å². The second-order valence-corrected chi connectivity index (χ2v) is 7.76. The lowest BCUT2D eigenvalue weighted by molar-refractivity contribution is -0.0444. The van der Waals surface area contributed by atoms with E-state index in [-0.39, 0.29) is 18.1 Å². The number of hydrogen-bond acceptors (Lipinski definition) is 5. The van der Waals surface area contributed by atoms with Crippen LogP contribution >= 0.6 is 22.7 Å². The summed E-state index contributed by atoms with van der Waals surface area (Å²) in [5, 5.41) is 2.99. The molecule has 1 aliphatic carbocycles. The van der Waals surface area contributed by atoms with Gasteiger partial charge in [0.2, 0.25) is 0 Å². The zero-order chi connectivity index (χ0) is 15.1. The molecule has 2 aromatic heterocycles. The van der Waals surface area contributed by atoms with E-state index in [0.29, 0.717) is 13.2 Å². The van der Waals surface area contributed by atoms with Crippen LogP contribution in [0.25, 0.3) is 9.88 Å². The van der Waals surface area contributed by atoms with Crippen molar-refractivity contribution < 1.29 is 9.53 Å². The monoisotopic (exact) mass is 334 g/mol. The molecule has 3 heterocycles. The maximum absolute atomic E-state index is 13.0. The second kappa shape index (κ2) is 5.76. The van der Waals surface area contributed by atoms with Crippen molar-refractivity contribution in [3.63, 3.8) is 0 Å². The van der Waals surface area contributed by atoms with Gasteiger partial charge in [0.25, 0.3) is 5.91 Å². The fourth-order valence-corrected chi connectivity index (χ4v) is 5.23. The fourth-order valence-electron chi connectivity index (χ4n) is 3.41. The largest absolute Gasteiger partial charge is 0.374 e. The highest BCUT2D eigenvalue weighted by atomic mass is 32.1. The molecular formula is C16H18N2O2S2. The number of thiazole rings is 1. The molecule has 2 fully saturated rings. The minimum atomic E-state index is 0.137. The lowest BCUT2D eigenvalue weighted by Crippen LogP contribution is -2.51. The molecule has 1 amide bonds. The van der Waals surface area contributed by atoms with Crippen molar-refractivity contribution >= 4 is 28.6 Å². The molecule has 0 spiro atoms. The quantitative estimate of drug-likeness (QED) is 0.843. The van der Waals surface area contributed by atoms with Crippen molar-refractivity contribution in [2.75, 3.05) is 13.2 Å². The smallest absolute Gasteiger partial charge is 0.266 e. The predicted octanol–water partition coefficient (Wildman–Crippen LogP) is 3.57. The average molecular weight is 334 g/mol. The van der Waals surface area contributed by atoms with Crippen molar-refractivity contribution in [2.45, 2.75) is 38.3 Å². The van der Waals surface area contributed by atoms with Gasteiger partial charge in [-0.05, 0) is 37.6 Å². The molecule has 0 aromatic carbocycles. The molecule has 2 atom stereocenters. The Kier molecular flexibility index (Phi) is 3.76. The van der Waals surface area contributed by atoms with Gasteiger partial charge in [0.1, 0.15) is 9.88 Å². The van der Waals surface area contributed by atoms with Crippen LogP contribution in [0.5, 0.6) is 0 Å². The van der Waals surface area contributed by atoms with E-state index in [1.807, 2.05) is 23.3 Å². The first-order chi connectivity index (χ1) is 10.7. The Bertz CT molecular complexity index is 680. The van der Waals surface area contributed by atoms with Gasteiger partial charge in [-0.1, -0.05) is 6.07 Å². The maximum atomic E-state index is 13.0. The van der Waals surface area contributed by atoms with Crippen LogP contribution in [0.3, 0.4) is 0 Å². The van der Waals surface area contributed by atoms with Gasteiger partial charge in [0, 0.05) is 6.54 Å². The molecule has 22 heavy (non-hydrogen) atoms. The Balaban J connectivity index is 1.62. The molecule has 6 heteroatoms. The Morgan fingerprint density at radius 3 is 3.18 bits per heavy atom. The van der Waals surface area contributed by atoms with Gasteiger partial charge in [-0.25, -0.2) is 4.98 Å². The fraction of sp³-hybridized carbons (Fsp3) is 0.500. The number of thiophene rings is 1. The van der Waals surface area contributed by atoms with E-state index in [9.17, 15) is 4.79 Å². The van der Waals surface area contributed by atoms with Gasteiger partial charge in [0.15, 0.2) is 0 Å². The van der Waals surface area contributed by atoms with E-state index in [1.54, 1.807) is 11.3 Å². The number of morpholine rings is 1. The van der Waals surface area contributed by atoms with Crippen molar-refractivity contribution in [1.29, 1.82) is 0 Å². The molecular weight excluding hydrogens is 316 g/mol. The summed E-state index contributed by atoms with van der Waals surface area (Å²) < 4.78 is 5.81. The number of amides is 1. The van der Waals surface area contributed by atoms with E-state index in [4.69, 9.17) is 4.74 Å². The first kappa shape index (κ1) is 14.4. The molecule has 0 bridgehead atoms. The van der Waals surface area contributed by atoms with Crippen molar-refractivity contribution in [2.24, 2.45) is 0 Å². The molecule has 4 nitrogen and oxygen atoms in total. The van der Waals surface area contributed by atoms with Crippen LogP contribution in [0, 0.1) is 6.92 Å². The third-order valence-corrected chi connectivity index (χ3v) is 6.65. The Morgan fingerprint density at radius 1 is 1.45 bits per heavy atom. The standard InChI is InChI=1S/C16H18N2O2S2/c1-10-14(22-15(17-10)13-6-3-9-21-13)16(19)18-7-8-20-12-5-2-4-11(12)18/h3,6,9,11-12H,2,4-5,7-8H2,1H3/t11-,12-/m0/s1. The summed E-state index contributed by atoms with van der Waals surface area (Å²) in [5.74, 6) is 0.137. The molecule has 1 aliphatic heterocycles. The zero-order valence-electron chi connectivity index (χ0n) is 12.4. The van der Waals surface area contributed by atoms with Gasteiger partial charge in [-0.2, -0.15) is 0 Å². The molecule has 4 rings (SSSR count). The molecule has 0 N–H and O–H groups in total. The average Bonchev–Trinajstić information content (AvgIpc) is 3.25. The third-order valence-electron chi connectivity index (χ3n) is 4.47. The first-order valence-electron chi connectivity index (χ1n) is 7.68. The number of nitrogens with zero attached hydrogens (tertiary/aromatic N) is 2. The summed E-state index contributed by atoms with van der Waals surface area (Å²) in [7, 11) is 0.